The molecule has 0 aromatic carbocycles. The highest BCUT2D eigenvalue weighted by molar-refractivity contribution is 5.94. The Balaban J connectivity index is 1.74. The second-order valence-electron chi connectivity index (χ2n) is 6.74. The number of hydrogen-bond donors (Lipinski definition) is 1. The van der Waals surface area contributed by atoms with Crippen molar-refractivity contribution in [3.8, 4) is 5.88 Å². The molecule has 0 radical (unpaired) electrons. The zero-order chi connectivity index (χ0) is 18.4. The third-order valence-corrected chi connectivity index (χ3v) is 4.42. The van der Waals surface area contributed by atoms with Crippen molar-refractivity contribution in [2.75, 3.05) is 13.2 Å². The van der Waals surface area contributed by atoms with Crippen molar-refractivity contribution < 1.29 is 14.3 Å². The Labute approximate surface area is 154 Å². The van der Waals surface area contributed by atoms with Gasteiger partial charge in [-0.3, -0.25) is 9.78 Å². The third-order valence-electron chi connectivity index (χ3n) is 4.42. The number of carbonyl (C=O) groups is 1. The van der Waals surface area contributed by atoms with Gasteiger partial charge in [-0.1, -0.05) is 6.07 Å². The Morgan fingerprint density at radius 1 is 1.23 bits per heavy atom. The smallest absolute Gasteiger partial charge is 0.253 e. The molecule has 1 aliphatic rings. The van der Waals surface area contributed by atoms with Gasteiger partial charge in [-0.05, 0) is 50.3 Å². The number of ether oxygens (including phenoxy) is 2. The lowest BCUT2D eigenvalue weighted by molar-refractivity contribution is 0.0513. The molecule has 0 saturated carbocycles. The Morgan fingerprint density at radius 3 is 2.65 bits per heavy atom. The molecule has 1 fully saturated rings. The van der Waals surface area contributed by atoms with Crippen molar-refractivity contribution in [3.63, 3.8) is 0 Å². The highest BCUT2D eigenvalue weighted by Gasteiger charge is 2.27. The fourth-order valence-electron chi connectivity index (χ4n) is 3.13. The Kier molecular flexibility index (Phi) is 6.17. The molecule has 2 aromatic heterocycles. The number of rotatable bonds is 6. The van der Waals surface area contributed by atoms with Crippen LogP contribution in [0.2, 0.25) is 0 Å². The van der Waals surface area contributed by atoms with Crippen molar-refractivity contribution in [2.45, 2.75) is 38.8 Å². The van der Waals surface area contributed by atoms with Crippen LogP contribution in [-0.4, -0.2) is 35.2 Å². The Hall–Kier alpha value is -2.47. The maximum absolute atomic E-state index is 12.8. The molecule has 1 saturated heterocycles. The van der Waals surface area contributed by atoms with E-state index in [1.165, 1.54) is 0 Å². The topological polar surface area (TPSA) is 73.3 Å². The van der Waals surface area contributed by atoms with Gasteiger partial charge in [0.25, 0.3) is 5.91 Å². The van der Waals surface area contributed by atoms with E-state index in [4.69, 9.17) is 9.47 Å². The quantitative estimate of drug-likeness (QED) is 0.862. The number of pyridine rings is 2. The molecule has 1 N–H and O–H groups in total. The molecule has 6 heteroatoms. The number of hydrogen-bond acceptors (Lipinski definition) is 5. The van der Waals surface area contributed by atoms with Gasteiger partial charge in [0, 0.05) is 37.9 Å². The van der Waals surface area contributed by atoms with Gasteiger partial charge in [0.15, 0.2) is 0 Å². The van der Waals surface area contributed by atoms with Gasteiger partial charge in [0.1, 0.15) is 0 Å². The molecule has 3 heterocycles. The minimum absolute atomic E-state index is 0.0469. The van der Waals surface area contributed by atoms with E-state index in [0.717, 1.165) is 31.6 Å². The van der Waals surface area contributed by atoms with Gasteiger partial charge in [-0.25, -0.2) is 4.98 Å². The van der Waals surface area contributed by atoms with Gasteiger partial charge < -0.3 is 14.8 Å². The first kappa shape index (κ1) is 18.3. The van der Waals surface area contributed by atoms with Crippen LogP contribution < -0.4 is 10.1 Å². The lowest BCUT2D eigenvalue weighted by Crippen LogP contribution is -2.36. The molecule has 3 rings (SSSR count). The number of carbonyl (C=O) groups excluding carboxylic acids is 1. The van der Waals surface area contributed by atoms with Gasteiger partial charge >= 0.3 is 0 Å². The van der Waals surface area contributed by atoms with Crippen LogP contribution in [0.3, 0.4) is 0 Å². The average Bonchev–Trinajstić information content (AvgIpc) is 2.67. The molecular formula is C20H25N3O3. The summed E-state index contributed by atoms with van der Waals surface area (Å²) in [7, 11) is 0. The third kappa shape index (κ3) is 4.79. The summed E-state index contributed by atoms with van der Waals surface area (Å²) < 4.78 is 11.0. The van der Waals surface area contributed by atoms with Crippen LogP contribution in [0.25, 0.3) is 0 Å². The molecule has 1 amide bonds. The monoisotopic (exact) mass is 355 g/mol. The van der Waals surface area contributed by atoms with Crippen molar-refractivity contribution in [1.82, 2.24) is 15.3 Å². The molecule has 0 aliphatic carbocycles. The summed E-state index contributed by atoms with van der Waals surface area (Å²) in [6.07, 6.45) is 6.99. The second kappa shape index (κ2) is 8.76. The maximum atomic E-state index is 12.8. The van der Waals surface area contributed by atoms with E-state index in [2.05, 4.69) is 15.3 Å². The molecule has 1 unspecified atom stereocenters. The minimum atomic E-state index is -0.144. The summed E-state index contributed by atoms with van der Waals surface area (Å²) in [4.78, 5) is 21.2. The summed E-state index contributed by atoms with van der Waals surface area (Å²) in [6, 6.07) is 7.28. The Bertz CT molecular complexity index is 698. The standard InChI is InChI=1S/C20H25N3O3/c1-14(2)26-18-6-5-17(13-22-18)20(24)23-19(15-7-10-25-11-8-15)16-4-3-9-21-12-16/h3-6,9,12-15,19H,7-8,10-11H2,1-2H3,(H,23,24). The first-order valence-corrected chi connectivity index (χ1v) is 9.04. The van der Waals surface area contributed by atoms with E-state index in [9.17, 15) is 4.79 Å². The summed E-state index contributed by atoms with van der Waals surface area (Å²) >= 11 is 0. The van der Waals surface area contributed by atoms with Crippen molar-refractivity contribution in [1.29, 1.82) is 0 Å². The first-order chi connectivity index (χ1) is 12.6. The van der Waals surface area contributed by atoms with E-state index < -0.39 is 0 Å². The van der Waals surface area contributed by atoms with Crippen LogP contribution in [0.5, 0.6) is 5.88 Å². The highest BCUT2D eigenvalue weighted by atomic mass is 16.5. The van der Waals surface area contributed by atoms with E-state index in [1.54, 1.807) is 24.5 Å². The predicted molar refractivity (Wildman–Crippen MR) is 98.0 cm³/mol. The number of aromatic nitrogens is 2. The fourth-order valence-corrected chi connectivity index (χ4v) is 3.13. The molecule has 1 atom stereocenters. The first-order valence-electron chi connectivity index (χ1n) is 9.04. The predicted octanol–water partition coefficient (Wildman–Crippen LogP) is 3.16. The van der Waals surface area contributed by atoms with Gasteiger partial charge in [0.2, 0.25) is 5.88 Å². The van der Waals surface area contributed by atoms with Gasteiger partial charge in [-0.15, -0.1) is 0 Å². The van der Waals surface area contributed by atoms with Crippen LogP contribution in [0.15, 0.2) is 42.9 Å². The highest BCUT2D eigenvalue weighted by Crippen LogP contribution is 2.30. The Morgan fingerprint density at radius 2 is 2.04 bits per heavy atom. The second-order valence-corrected chi connectivity index (χ2v) is 6.74. The van der Waals surface area contributed by atoms with Crippen LogP contribution in [-0.2, 0) is 4.74 Å². The average molecular weight is 355 g/mol. The minimum Gasteiger partial charge on any atom is -0.475 e. The normalized spacial score (nSPS) is 16.3. The molecule has 0 bridgehead atoms. The van der Waals surface area contributed by atoms with E-state index in [-0.39, 0.29) is 18.1 Å². The molecule has 138 valence electrons. The van der Waals surface area contributed by atoms with Gasteiger partial charge in [-0.2, -0.15) is 0 Å². The molecule has 0 spiro atoms. The molecule has 6 nitrogen and oxygen atoms in total. The van der Waals surface area contributed by atoms with Crippen molar-refractivity contribution in [2.24, 2.45) is 5.92 Å². The van der Waals surface area contributed by atoms with E-state index in [1.807, 2.05) is 32.2 Å². The van der Waals surface area contributed by atoms with Crippen LogP contribution in [0.1, 0.15) is 48.7 Å². The van der Waals surface area contributed by atoms with Crippen molar-refractivity contribution >= 4 is 5.91 Å². The molecule has 2 aromatic rings. The zero-order valence-corrected chi connectivity index (χ0v) is 15.2. The van der Waals surface area contributed by atoms with E-state index >= 15 is 0 Å². The maximum Gasteiger partial charge on any atom is 0.253 e. The summed E-state index contributed by atoms with van der Waals surface area (Å²) in [6.45, 7) is 5.32. The fraction of sp³-hybridized carbons (Fsp3) is 0.450. The molecular weight excluding hydrogens is 330 g/mol. The number of amides is 1. The van der Waals surface area contributed by atoms with Gasteiger partial charge in [0.05, 0.1) is 17.7 Å². The lowest BCUT2D eigenvalue weighted by Gasteiger charge is -2.31. The summed E-state index contributed by atoms with van der Waals surface area (Å²) in [5.41, 5.74) is 1.53. The van der Waals surface area contributed by atoms with E-state index in [0.29, 0.717) is 17.4 Å². The zero-order valence-electron chi connectivity index (χ0n) is 15.2. The lowest BCUT2D eigenvalue weighted by atomic mass is 9.87. The largest absolute Gasteiger partial charge is 0.475 e. The van der Waals surface area contributed by atoms with Crippen LogP contribution >= 0.6 is 0 Å². The molecule has 26 heavy (non-hydrogen) atoms. The SMILES string of the molecule is CC(C)Oc1ccc(C(=O)NC(c2cccnc2)C2CCOCC2)cn1. The van der Waals surface area contributed by atoms with Crippen molar-refractivity contribution in [3.05, 3.63) is 54.0 Å². The van der Waals surface area contributed by atoms with Crippen LogP contribution in [0.4, 0.5) is 0 Å². The summed E-state index contributed by atoms with van der Waals surface area (Å²) in [5, 5.41) is 3.16. The number of nitrogens with zero attached hydrogens (tertiary/aromatic N) is 2. The molecule has 1 aliphatic heterocycles. The number of nitrogens with one attached hydrogen (secondary N) is 1. The summed E-state index contributed by atoms with van der Waals surface area (Å²) in [5.74, 6) is 0.701. The van der Waals surface area contributed by atoms with Crippen LogP contribution in [0, 0.1) is 5.92 Å².